The molecule has 50 heavy (non-hydrogen) atoms. The van der Waals surface area contributed by atoms with Crippen molar-refractivity contribution in [2.75, 3.05) is 34.1 Å². The molecule has 4 atom stereocenters. The van der Waals surface area contributed by atoms with Gasteiger partial charge in [-0.3, -0.25) is 4.79 Å². The van der Waals surface area contributed by atoms with Crippen LogP contribution in [0, 0.1) is 5.41 Å². The monoisotopic (exact) mass is 705 g/mol. The first-order valence-electron chi connectivity index (χ1n) is 17.2. The normalized spacial score (nSPS) is 24.3. The van der Waals surface area contributed by atoms with E-state index in [1.165, 1.54) is 17.7 Å². The van der Waals surface area contributed by atoms with Gasteiger partial charge in [0, 0.05) is 41.3 Å². The Morgan fingerprint density at radius 3 is 2.30 bits per heavy atom. The number of carbonyl (C=O) groups excluding carboxylic acids is 1. The maximum atomic E-state index is 14.3. The highest BCUT2D eigenvalue weighted by Crippen LogP contribution is 2.59. The third-order valence-corrected chi connectivity index (χ3v) is 12.2. The molecule has 10 heteroatoms. The topological polar surface area (TPSA) is 123 Å². The Hall–Kier alpha value is -3.70. The van der Waals surface area contributed by atoms with Crippen LogP contribution in [0.2, 0.25) is 0 Å². The van der Waals surface area contributed by atoms with E-state index in [9.17, 15) is 23.4 Å². The van der Waals surface area contributed by atoms with E-state index in [1.54, 1.807) is 56.7 Å². The number of rotatable bonds is 10. The molecule has 1 fully saturated rings. The predicted molar refractivity (Wildman–Crippen MR) is 195 cm³/mol. The average Bonchev–Trinajstić information content (AvgIpc) is 3.35. The Bertz CT molecular complexity index is 1820. The SMILES string of the molecule is COc1ccc(C(=O)c2cc3ccc2C2CCC(O)(CN(Cc4ccc(OC)cc4OC)S(C)(=O)=O)C2(C)CCC=C(C)CCC(O)C3)cc1. The van der Waals surface area contributed by atoms with Crippen molar-refractivity contribution >= 4 is 15.8 Å². The largest absolute Gasteiger partial charge is 0.497 e. The second-order valence-corrected chi connectivity index (χ2v) is 16.2. The molecule has 0 aliphatic heterocycles. The highest BCUT2D eigenvalue weighted by molar-refractivity contribution is 7.88. The van der Waals surface area contributed by atoms with Gasteiger partial charge in [0.15, 0.2) is 5.78 Å². The lowest BCUT2D eigenvalue weighted by Gasteiger charge is -2.45. The van der Waals surface area contributed by atoms with Crippen LogP contribution in [-0.4, -0.2) is 74.6 Å². The van der Waals surface area contributed by atoms with Crippen LogP contribution >= 0.6 is 0 Å². The number of benzene rings is 3. The number of carbonyl (C=O) groups is 1. The minimum atomic E-state index is -3.78. The zero-order chi connectivity index (χ0) is 36.3. The summed E-state index contributed by atoms with van der Waals surface area (Å²) in [5.74, 6) is 1.32. The fraction of sp³-hybridized carbons (Fsp3) is 0.475. The molecule has 4 unspecified atom stereocenters. The van der Waals surface area contributed by atoms with Crippen LogP contribution in [0.25, 0.3) is 0 Å². The molecule has 0 radical (unpaired) electrons. The fourth-order valence-electron chi connectivity index (χ4n) is 7.85. The van der Waals surface area contributed by atoms with Gasteiger partial charge < -0.3 is 24.4 Å². The predicted octanol–water partition coefficient (Wildman–Crippen LogP) is 6.44. The molecule has 2 N–H and O–H groups in total. The van der Waals surface area contributed by atoms with Gasteiger partial charge in [0.25, 0.3) is 0 Å². The van der Waals surface area contributed by atoms with E-state index in [0.29, 0.717) is 72.5 Å². The first-order valence-corrected chi connectivity index (χ1v) is 19.1. The van der Waals surface area contributed by atoms with Gasteiger partial charge in [-0.15, -0.1) is 0 Å². The van der Waals surface area contributed by atoms with E-state index < -0.39 is 27.1 Å². The minimum absolute atomic E-state index is 0.00625. The summed E-state index contributed by atoms with van der Waals surface area (Å²) in [6, 6.07) is 18.1. The Balaban J connectivity index is 1.60. The van der Waals surface area contributed by atoms with E-state index in [4.69, 9.17) is 14.2 Å². The number of allylic oxidation sites excluding steroid dienone is 2. The zero-order valence-corrected chi connectivity index (χ0v) is 30.9. The van der Waals surface area contributed by atoms with E-state index in [2.05, 4.69) is 13.0 Å². The van der Waals surface area contributed by atoms with E-state index >= 15 is 0 Å². The van der Waals surface area contributed by atoms with Crippen LogP contribution in [0.4, 0.5) is 0 Å². The third-order valence-electron chi connectivity index (χ3n) is 11.0. The van der Waals surface area contributed by atoms with Crippen molar-refractivity contribution in [2.24, 2.45) is 5.41 Å². The number of methoxy groups -OCH3 is 3. The number of hydrogen-bond donors (Lipinski definition) is 2. The van der Waals surface area contributed by atoms with E-state index in [0.717, 1.165) is 23.1 Å². The first-order chi connectivity index (χ1) is 23.7. The van der Waals surface area contributed by atoms with Gasteiger partial charge in [-0.2, -0.15) is 4.31 Å². The average molecular weight is 706 g/mol. The van der Waals surface area contributed by atoms with Gasteiger partial charge in [0.2, 0.25) is 10.0 Å². The Morgan fingerprint density at radius 1 is 0.940 bits per heavy atom. The van der Waals surface area contributed by atoms with Crippen molar-refractivity contribution in [1.29, 1.82) is 0 Å². The fourth-order valence-corrected chi connectivity index (χ4v) is 8.67. The van der Waals surface area contributed by atoms with Crippen LogP contribution in [0.5, 0.6) is 17.2 Å². The molecule has 0 saturated heterocycles. The van der Waals surface area contributed by atoms with Crippen molar-refractivity contribution in [1.82, 2.24) is 4.31 Å². The summed E-state index contributed by atoms with van der Waals surface area (Å²) in [5.41, 5.74) is 2.31. The first kappa shape index (κ1) is 37.6. The number of nitrogens with zero attached hydrogens (tertiary/aromatic N) is 1. The van der Waals surface area contributed by atoms with Gasteiger partial charge in [-0.1, -0.05) is 36.8 Å². The molecule has 3 aromatic carbocycles. The number of aliphatic hydroxyl groups is 2. The number of fused-ring (bicyclic) bond motifs is 8. The lowest BCUT2D eigenvalue weighted by molar-refractivity contribution is -0.0731. The van der Waals surface area contributed by atoms with E-state index in [-0.39, 0.29) is 24.8 Å². The van der Waals surface area contributed by atoms with Crippen molar-refractivity contribution in [2.45, 2.75) is 83.0 Å². The van der Waals surface area contributed by atoms with Crippen LogP contribution in [0.3, 0.4) is 0 Å². The number of aliphatic hydroxyl groups excluding tert-OH is 1. The molecule has 6 rings (SSSR count). The Kier molecular flexibility index (Phi) is 11.5. The summed E-state index contributed by atoms with van der Waals surface area (Å²) in [6.45, 7) is 3.99. The Labute approximate surface area is 296 Å². The molecule has 0 heterocycles. The molecule has 270 valence electrons. The molecule has 0 spiro atoms. The molecule has 2 bridgehead atoms. The van der Waals surface area contributed by atoms with E-state index in [1.807, 2.05) is 25.1 Å². The molecule has 0 amide bonds. The highest BCUT2D eigenvalue weighted by Gasteiger charge is 2.58. The lowest BCUT2D eigenvalue weighted by Crippen LogP contribution is -2.53. The Morgan fingerprint density at radius 2 is 1.64 bits per heavy atom. The maximum absolute atomic E-state index is 14.3. The summed E-state index contributed by atoms with van der Waals surface area (Å²) in [6.07, 6.45) is 6.65. The smallest absolute Gasteiger partial charge is 0.211 e. The number of ether oxygens (including phenoxy) is 3. The van der Waals surface area contributed by atoms with Crippen LogP contribution < -0.4 is 14.2 Å². The molecular formula is C40H51NO8S. The second-order valence-electron chi connectivity index (χ2n) is 14.2. The highest BCUT2D eigenvalue weighted by atomic mass is 32.2. The van der Waals surface area contributed by atoms with Gasteiger partial charge in [0.05, 0.1) is 39.3 Å². The number of ketones is 1. The lowest BCUT2D eigenvalue weighted by atomic mass is 9.64. The number of sulfonamides is 1. The third kappa shape index (κ3) is 7.94. The summed E-state index contributed by atoms with van der Waals surface area (Å²) >= 11 is 0. The quantitative estimate of drug-likeness (QED) is 0.183. The standard InChI is InChI=1S/C40H51NO8S/c1-27-8-7-20-39(2)36(19-21-40(39,44)26-41(50(6,45)46)25-30-13-17-33(48-4)24-37(30)49-5)34-18-10-28(22-31(42)14-9-27)23-35(34)38(43)29-11-15-32(47-3)16-12-29/h8,10-13,15-18,23-24,31,36,42,44H,7,9,14,19-22,25-26H2,1-6H3. The zero-order valence-electron chi connectivity index (χ0n) is 30.1. The van der Waals surface area contributed by atoms with Crippen LogP contribution in [0.15, 0.2) is 72.3 Å². The maximum Gasteiger partial charge on any atom is 0.211 e. The number of hydrogen-bond acceptors (Lipinski definition) is 8. The van der Waals surface area contributed by atoms with Crippen LogP contribution in [-0.2, 0) is 23.0 Å². The van der Waals surface area contributed by atoms with Crippen molar-refractivity contribution in [3.8, 4) is 17.2 Å². The molecule has 0 aromatic heterocycles. The van der Waals surface area contributed by atoms with Crippen molar-refractivity contribution < 1.29 is 37.6 Å². The molecule has 9 nitrogen and oxygen atoms in total. The summed E-state index contributed by atoms with van der Waals surface area (Å²) < 4.78 is 44.4. The molecule has 3 aliphatic carbocycles. The van der Waals surface area contributed by atoms with Gasteiger partial charge in [-0.05, 0) is 105 Å². The van der Waals surface area contributed by atoms with Gasteiger partial charge >= 0.3 is 0 Å². The van der Waals surface area contributed by atoms with Crippen molar-refractivity contribution in [3.05, 3.63) is 100 Å². The molecule has 1 saturated carbocycles. The summed E-state index contributed by atoms with van der Waals surface area (Å²) in [7, 11) is 0.880. The molecular weight excluding hydrogens is 655 g/mol. The molecule has 3 aliphatic rings. The summed E-state index contributed by atoms with van der Waals surface area (Å²) in [5, 5.41) is 23.7. The van der Waals surface area contributed by atoms with Gasteiger partial charge in [-0.25, -0.2) is 8.42 Å². The van der Waals surface area contributed by atoms with Crippen molar-refractivity contribution in [3.63, 3.8) is 0 Å². The second kappa shape index (κ2) is 15.3. The van der Waals surface area contributed by atoms with Gasteiger partial charge in [0.1, 0.15) is 17.2 Å². The minimum Gasteiger partial charge on any atom is -0.497 e. The van der Waals surface area contributed by atoms with Crippen LogP contribution in [0.1, 0.15) is 90.9 Å². The molecule has 3 aromatic rings. The summed E-state index contributed by atoms with van der Waals surface area (Å²) in [4.78, 5) is 14.3.